The van der Waals surface area contributed by atoms with Gasteiger partial charge in [-0.3, -0.25) is 0 Å². The van der Waals surface area contributed by atoms with E-state index in [1.165, 1.54) is 6.07 Å². The van der Waals surface area contributed by atoms with Crippen molar-refractivity contribution in [3.05, 3.63) is 52.4 Å². The Morgan fingerprint density at radius 1 is 1.29 bits per heavy atom. The summed E-state index contributed by atoms with van der Waals surface area (Å²) >= 11 is 3.15. The maximum absolute atomic E-state index is 13.2. The first-order valence-electron chi connectivity index (χ1n) is 6.67. The minimum Gasteiger partial charge on any atom is -0.439 e. The van der Waals surface area contributed by atoms with Crippen LogP contribution >= 0.6 is 15.9 Å². The molecule has 21 heavy (non-hydrogen) atoms. The standard InChI is InChI=1S/C16H18BrFN2O/c1-16(2,3)20-10-11-5-4-8-19-15(11)21-12-6-7-14(18)13(17)9-12/h4-9,20H,10H2,1-3H3. The molecule has 0 aliphatic rings. The predicted molar refractivity (Wildman–Crippen MR) is 85.0 cm³/mol. The van der Waals surface area contributed by atoms with Gasteiger partial charge in [0.15, 0.2) is 0 Å². The van der Waals surface area contributed by atoms with E-state index in [1.54, 1.807) is 18.3 Å². The second-order valence-corrected chi connectivity index (χ2v) is 6.60. The number of benzene rings is 1. The van der Waals surface area contributed by atoms with Crippen LogP contribution in [0.3, 0.4) is 0 Å². The van der Waals surface area contributed by atoms with Crippen molar-refractivity contribution in [2.75, 3.05) is 0 Å². The van der Waals surface area contributed by atoms with Crippen molar-refractivity contribution in [3.8, 4) is 11.6 Å². The first-order chi connectivity index (χ1) is 9.85. The lowest BCUT2D eigenvalue weighted by atomic mass is 10.1. The van der Waals surface area contributed by atoms with Gasteiger partial charge in [-0.25, -0.2) is 9.37 Å². The third-order valence-corrected chi connectivity index (χ3v) is 3.37. The lowest BCUT2D eigenvalue weighted by Gasteiger charge is -2.21. The molecule has 0 radical (unpaired) electrons. The van der Waals surface area contributed by atoms with Gasteiger partial charge in [0, 0.05) is 23.8 Å². The van der Waals surface area contributed by atoms with Crippen molar-refractivity contribution in [3.63, 3.8) is 0 Å². The Bertz CT molecular complexity index is 626. The number of pyridine rings is 1. The Balaban J connectivity index is 2.17. The Hall–Kier alpha value is -1.46. The molecule has 112 valence electrons. The van der Waals surface area contributed by atoms with Crippen molar-refractivity contribution in [2.45, 2.75) is 32.9 Å². The summed E-state index contributed by atoms with van der Waals surface area (Å²) in [5.41, 5.74) is 0.958. The van der Waals surface area contributed by atoms with Gasteiger partial charge in [-0.15, -0.1) is 0 Å². The fraction of sp³-hybridized carbons (Fsp3) is 0.312. The number of rotatable bonds is 4. The number of aromatic nitrogens is 1. The molecule has 1 heterocycles. The van der Waals surface area contributed by atoms with Crippen molar-refractivity contribution < 1.29 is 9.13 Å². The molecule has 1 aromatic heterocycles. The van der Waals surface area contributed by atoms with E-state index in [0.29, 0.717) is 22.6 Å². The van der Waals surface area contributed by atoms with Crippen LogP contribution in [0.15, 0.2) is 41.0 Å². The van der Waals surface area contributed by atoms with Gasteiger partial charge in [0.05, 0.1) is 4.47 Å². The van der Waals surface area contributed by atoms with Gasteiger partial charge in [-0.2, -0.15) is 0 Å². The molecule has 0 unspecified atom stereocenters. The molecule has 1 N–H and O–H groups in total. The number of hydrogen-bond acceptors (Lipinski definition) is 3. The van der Waals surface area contributed by atoms with Crippen molar-refractivity contribution in [2.24, 2.45) is 0 Å². The summed E-state index contributed by atoms with van der Waals surface area (Å²) in [6.07, 6.45) is 1.68. The highest BCUT2D eigenvalue weighted by Gasteiger charge is 2.12. The van der Waals surface area contributed by atoms with Crippen LogP contribution in [-0.4, -0.2) is 10.5 Å². The molecule has 0 spiro atoms. The maximum atomic E-state index is 13.2. The molecule has 0 saturated heterocycles. The van der Waals surface area contributed by atoms with Crippen LogP contribution < -0.4 is 10.1 Å². The van der Waals surface area contributed by atoms with E-state index in [4.69, 9.17) is 4.74 Å². The smallest absolute Gasteiger partial charge is 0.223 e. The summed E-state index contributed by atoms with van der Waals surface area (Å²) in [4.78, 5) is 4.26. The summed E-state index contributed by atoms with van der Waals surface area (Å²) in [6.45, 7) is 6.94. The summed E-state index contributed by atoms with van der Waals surface area (Å²) in [7, 11) is 0. The molecule has 3 nitrogen and oxygen atoms in total. The number of hydrogen-bond donors (Lipinski definition) is 1. The van der Waals surface area contributed by atoms with E-state index >= 15 is 0 Å². The van der Waals surface area contributed by atoms with Gasteiger partial charge in [-0.1, -0.05) is 6.07 Å². The number of ether oxygens (including phenoxy) is 1. The van der Waals surface area contributed by atoms with E-state index in [1.807, 2.05) is 12.1 Å². The molecular formula is C16H18BrFN2O. The average Bonchev–Trinajstić information content (AvgIpc) is 2.41. The molecule has 0 fully saturated rings. The minimum atomic E-state index is -0.321. The zero-order valence-electron chi connectivity index (χ0n) is 12.3. The van der Waals surface area contributed by atoms with Crippen molar-refractivity contribution in [1.29, 1.82) is 0 Å². The van der Waals surface area contributed by atoms with Crippen LogP contribution in [0.25, 0.3) is 0 Å². The van der Waals surface area contributed by atoms with Crippen LogP contribution in [0, 0.1) is 5.82 Å². The zero-order chi connectivity index (χ0) is 15.5. The highest BCUT2D eigenvalue weighted by Crippen LogP contribution is 2.27. The molecule has 0 bridgehead atoms. The fourth-order valence-corrected chi connectivity index (χ4v) is 2.02. The molecule has 2 aromatic rings. The third kappa shape index (κ3) is 4.79. The lowest BCUT2D eigenvalue weighted by molar-refractivity contribution is 0.409. The monoisotopic (exact) mass is 352 g/mol. The molecule has 5 heteroatoms. The third-order valence-electron chi connectivity index (χ3n) is 2.76. The Morgan fingerprint density at radius 2 is 2.05 bits per heavy atom. The molecule has 2 rings (SSSR count). The second kappa shape index (κ2) is 6.54. The minimum absolute atomic E-state index is 0.00597. The predicted octanol–water partition coefficient (Wildman–Crippen LogP) is 4.66. The van der Waals surface area contributed by atoms with Crippen LogP contribution in [0.2, 0.25) is 0 Å². The summed E-state index contributed by atoms with van der Waals surface area (Å²) in [5, 5.41) is 3.40. The summed E-state index contributed by atoms with van der Waals surface area (Å²) in [6, 6.07) is 8.35. The van der Waals surface area contributed by atoms with Gasteiger partial charge in [0.25, 0.3) is 0 Å². The summed E-state index contributed by atoms with van der Waals surface area (Å²) < 4.78 is 19.4. The molecule has 0 aliphatic carbocycles. The average molecular weight is 353 g/mol. The Morgan fingerprint density at radius 3 is 2.71 bits per heavy atom. The molecular weight excluding hydrogens is 335 g/mol. The first-order valence-corrected chi connectivity index (χ1v) is 7.46. The highest BCUT2D eigenvalue weighted by atomic mass is 79.9. The van der Waals surface area contributed by atoms with E-state index < -0.39 is 0 Å². The van der Waals surface area contributed by atoms with E-state index in [9.17, 15) is 4.39 Å². The molecule has 0 atom stereocenters. The number of nitrogens with one attached hydrogen (secondary N) is 1. The SMILES string of the molecule is CC(C)(C)NCc1cccnc1Oc1ccc(F)c(Br)c1. The van der Waals surface area contributed by atoms with Gasteiger partial charge in [-0.05, 0) is 61.0 Å². The van der Waals surface area contributed by atoms with Crippen LogP contribution in [0.1, 0.15) is 26.3 Å². The molecule has 1 aromatic carbocycles. The van der Waals surface area contributed by atoms with Gasteiger partial charge >= 0.3 is 0 Å². The Labute approximate surface area is 132 Å². The van der Waals surface area contributed by atoms with Gasteiger partial charge in [0.2, 0.25) is 5.88 Å². The van der Waals surface area contributed by atoms with E-state index in [2.05, 4.69) is 47.0 Å². The quantitative estimate of drug-likeness (QED) is 0.868. The topological polar surface area (TPSA) is 34.2 Å². The van der Waals surface area contributed by atoms with E-state index in [0.717, 1.165) is 5.56 Å². The zero-order valence-corrected chi connectivity index (χ0v) is 13.9. The lowest BCUT2D eigenvalue weighted by Crippen LogP contribution is -2.35. The van der Waals surface area contributed by atoms with Crippen molar-refractivity contribution >= 4 is 15.9 Å². The Kier molecular flexibility index (Phi) is 4.96. The second-order valence-electron chi connectivity index (χ2n) is 5.75. The highest BCUT2D eigenvalue weighted by molar-refractivity contribution is 9.10. The maximum Gasteiger partial charge on any atom is 0.223 e. The summed E-state index contributed by atoms with van der Waals surface area (Å²) in [5.74, 6) is 0.740. The van der Waals surface area contributed by atoms with Crippen LogP contribution in [0.4, 0.5) is 4.39 Å². The van der Waals surface area contributed by atoms with Crippen LogP contribution in [0.5, 0.6) is 11.6 Å². The van der Waals surface area contributed by atoms with Crippen molar-refractivity contribution in [1.82, 2.24) is 10.3 Å². The molecule has 0 aliphatic heterocycles. The normalized spacial score (nSPS) is 11.5. The van der Waals surface area contributed by atoms with Gasteiger partial charge in [0.1, 0.15) is 11.6 Å². The number of halogens is 2. The largest absolute Gasteiger partial charge is 0.439 e. The number of nitrogens with zero attached hydrogens (tertiary/aromatic N) is 1. The molecule has 0 saturated carbocycles. The molecule has 0 amide bonds. The van der Waals surface area contributed by atoms with Crippen LogP contribution in [-0.2, 0) is 6.54 Å². The van der Waals surface area contributed by atoms with E-state index in [-0.39, 0.29) is 11.4 Å². The fourth-order valence-electron chi connectivity index (χ4n) is 1.66. The first kappa shape index (κ1) is 15.9. The van der Waals surface area contributed by atoms with Gasteiger partial charge < -0.3 is 10.1 Å².